The van der Waals surface area contributed by atoms with E-state index in [1.807, 2.05) is 31.2 Å². The van der Waals surface area contributed by atoms with Crippen LogP contribution in [-0.4, -0.2) is 39.4 Å². The van der Waals surface area contributed by atoms with Crippen molar-refractivity contribution in [2.45, 2.75) is 32.4 Å². The predicted octanol–water partition coefficient (Wildman–Crippen LogP) is 2.98. The smallest absolute Gasteiger partial charge is 0.247 e. The van der Waals surface area contributed by atoms with E-state index in [-0.39, 0.29) is 6.10 Å². The first kappa shape index (κ1) is 15.5. The molecule has 0 spiro atoms. The van der Waals surface area contributed by atoms with Crippen LogP contribution in [-0.2, 0) is 6.54 Å². The van der Waals surface area contributed by atoms with Crippen molar-refractivity contribution in [2.24, 2.45) is 5.92 Å². The second-order valence-electron chi connectivity index (χ2n) is 5.86. The highest BCUT2D eigenvalue weighted by Gasteiger charge is 2.23. The zero-order valence-corrected chi connectivity index (χ0v) is 13.3. The van der Waals surface area contributed by atoms with Gasteiger partial charge in [-0.2, -0.15) is 0 Å². The summed E-state index contributed by atoms with van der Waals surface area (Å²) in [6, 6.07) is 7.35. The molecule has 1 aliphatic heterocycles. The number of halogens is 1. The molecule has 22 heavy (non-hydrogen) atoms. The molecule has 118 valence electrons. The van der Waals surface area contributed by atoms with E-state index in [4.69, 9.17) is 16.0 Å². The fourth-order valence-corrected chi connectivity index (χ4v) is 2.94. The summed E-state index contributed by atoms with van der Waals surface area (Å²) in [6.45, 7) is 4.44. The van der Waals surface area contributed by atoms with E-state index in [0.29, 0.717) is 29.3 Å². The summed E-state index contributed by atoms with van der Waals surface area (Å²) in [7, 11) is 0. The maximum Gasteiger partial charge on any atom is 0.247 e. The number of aliphatic hydroxyl groups excluding tert-OH is 1. The normalized spacial score (nSPS) is 18.5. The Morgan fingerprint density at radius 2 is 1.95 bits per heavy atom. The Bertz CT molecular complexity index is 604. The number of rotatable bonds is 4. The lowest BCUT2D eigenvalue weighted by Crippen LogP contribution is -2.36. The summed E-state index contributed by atoms with van der Waals surface area (Å²) in [4.78, 5) is 2.29. The molecule has 1 aliphatic rings. The van der Waals surface area contributed by atoms with E-state index in [0.717, 1.165) is 31.5 Å². The van der Waals surface area contributed by atoms with Crippen molar-refractivity contribution in [1.82, 2.24) is 15.1 Å². The fraction of sp³-hybridized carbons (Fsp3) is 0.500. The van der Waals surface area contributed by atoms with Gasteiger partial charge in [0.1, 0.15) is 0 Å². The summed E-state index contributed by atoms with van der Waals surface area (Å²) in [5.41, 5.74) is 0.871. The molecular weight excluding hydrogens is 302 g/mol. The van der Waals surface area contributed by atoms with Crippen molar-refractivity contribution in [3.63, 3.8) is 0 Å². The molecule has 1 saturated heterocycles. The lowest BCUT2D eigenvalue weighted by Gasteiger charge is -2.32. The lowest BCUT2D eigenvalue weighted by molar-refractivity contribution is 0.0668. The van der Waals surface area contributed by atoms with E-state index in [1.165, 1.54) is 0 Å². The number of likely N-dealkylation sites (tertiary alicyclic amines) is 1. The minimum Gasteiger partial charge on any atom is -0.419 e. The minimum atomic E-state index is -0.220. The maximum absolute atomic E-state index is 9.63. The van der Waals surface area contributed by atoms with Gasteiger partial charge in [0, 0.05) is 10.6 Å². The maximum atomic E-state index is 9.63. The predicted molar refractivity (Wildman–Crippen MR) is 84.4 cm³/mol. The molecule has 1 atom stereocenters. The number of aliphatic hydroxyl groups is 1. The monoisotopic (exact) mass is 321 g/mol. The minimum absolute atomic E-state index is 0.220. The first-order chi connectivity index (χ1) is 10.6. The number of piperidine rings is 1. The molecule has 0 aliphatic carbocycles. The molecule has 0 saturated carbocycles. The van der Waals surface area contributed by atoms with E-state index >= 15 is 0 Å². The Kier molecular flexibility index (Phi) is 4.76. The largest absolute Gasteiger partial charge is 0.419 e. The number of aromatic nitrogens is 2. The highest BCUT2D eigenvalue weighted by Crippen LogP contribution is 2.23. The molecule has 1 unspecified atom stereocenters. The topological polar surface area (TPSA) is 62.4 Å². The van der Waals surface area contributed by atoms with Gasteiger partial charge < -0.3 is 9.52 Å². The van der Waals surface area contributed by atoms with Gasteiger partial charge in [0.25, 0.3) is 0 Å². The molecule has 5 nitrogen and oxygen atoms in total. The van der Waals surface area contributed by atoms with Crippen molar-refractivity contribution in [3.8, 4) is 11.5 Å². The van der Waals surface area contributed by atoms with Crippen molar-refractivity contribution in [2.75, 3.05) is 13.1 Å². The summed E-state index contributed by atoms with van der Waals surface area (Å²) in [6.07, 6.45) is 1.80. The van der Waals surface area contributed by atoms with Crippen molar-refractivity contribution in [3.05, 3.63) is 35.2 Å². The Morgan fingerprint density at radius 3 is 2.59 bits per heavy atom. The number of benzene rings is 1. The Morgan fingerprint density at radius 1 is 1.27 bits per heavy atom. The first-order valence-corrected chi connectivity index (χ1v) is 7.98. The molecule has 0 bridgehead atoms. The fourth-order valence-electron chi connectivity index (χ4n) is 2.81. The zero-order valence-electron chi connectivity index (χ0n) is 12.6. The molecule has 1 aromatic heterocycles. The standard InChI is InChI=1S/C16H20ClN3O2/c1-11(21)12-6-8-20(9-7-12)10-15-18-19-16(22-15)13-2-4-14(17)5-3-13/h2-5,11-12,21H,6-10H2,1H3. The molecule has 3 rings (SSSR count). The second-order valence-corrected chi connectivity index (χ2v) is 6.30. The molecule has 1 fully saturated rings. The van der Waals surface area contributed by atoms with Gasteiger partial charge in [-0.3, -0.25) is 4.90 Å². The Balaban J connectivity index is 1.59. The molecule has 6 heteroatoms. The SMILES string of the molecule is CC(O)C1CCN(Cc2nnc(-c3ccc(Cl)cc3)o2)CC1. The Labute approximate surface area is 134 Å². The van der Waals surface area contributed by atoms with Crippen LogP contribution in [0.15, 0.2) is 28.7 Å². The van der Waals surface area contributed by atoms with Gasteiger partial charge in [-0.25, -0.2) is 0 Å². The van der Waals surface area contributed by atoms with Crippen molar-refractivity contribution >= 4 is 11.6 Å². The van der Waals surface area contributed by atoms with Crippen LogP contribution in [0.25, 0.3) is 11.5 Å². The van der Waals surface area contributed by atoms with Gasteiger partial charge in [-0.15, -0.1) is 10.2 Å². The highest BCUT2D eigenvalue weighted by atomic mass is 35.5. The van der Waals surface area contributed by atoms with Gasteiger partial charge in [0.15, 0.2) is 0 Å². The summed E-state index contributed by atoms with van der Waals surface area (Å²) in [5.74, 6) is 1.55. The van der Waals surface area contributed by atoms with Crippen molar-refractivity contribution in [1.29, 1.82) is 0 Å². The third-order valence-corrected chi connectivity index (χ3v) is 4.48. The summed E-state index contributed by atoms with van der Waals surface area (Å²) >= 11 is 5.88. The van der Waals surface area contributed by atoms with Crippen LogP contribution < -0.4 is 0 Å². The average Bonchev–Trinajstić information content (AvgIpc) is 2.97. The van der Waals surface area contributed by atoms with Gasteiger partial charge >= 0.3 is 0 Å². The van der Waals surface area contributed by atoms with Crippen LogP contribution in [0.4, 0.5) is 0 Å². The zero-order chi connectivity index (χ0) is 15.5. The summed E-state index contributed by atoms with van der Waals surface area (Å²) < 4.78 is 5.73. The number of hydrogen-bond donors (Lipinski definition) is 1. The van der Waals surface area contributed by atoms with Gasteiger partial charge in [0.05, 0.1) is 12.6 Å². The molecule has 1 aromatic carbocycles. The van der Waals surface area contributed by atoms with E-state index < -0.39 is 0 Å². The molecular formula is C16H20ClN3O2. The van der Waals surface area contributed by atoms with Crippen LogP contribution in [0.1, 0.15) is 25.7 Å². The van der Waals surface area contributed by atoms with E-state index in [2.05, 4.69) is 15.1 Å². The van der Waals surface area contributed by atoms with Crippen LogP contribution in [0.2, 0.25) is 5.02 Å². The third-order valence-electron chi connectivity index (χ3n) is 4.23. The second kappa shape index (κ2) is 6.77. The van der Waals surface area contributed by atoms with Crippen LogP contribution >= 0.6 is 11.6 Å². The van der Waals surface area contributed by atoms with Crippen LogP contribution in [0.5, 0.6) is 0 Å². The van der Waals surface area contributed by atoms with E-state index in [1.54, 1.807) is 0 Å². The third kappa shape index (κ3) is 3.66. The quantitative estimate of drug-likeness (QED) is 0.938. The van der Waals surface area contributed by atoms with Crippen molar-refractivity contribution < 1.29 is 9.52 Å². The molecule has 2 aromatic rings. The molecule has 2 heterocycles. The average molecular weight is 322 g/mol. The van der Waals surface area contributed by atoms with Gasteiger partial charge in [-0.1, -0.05) is 11.6 Å². The van der Waals surface area contributed by atoms with Gasteiger partial charge in [0.2, 0.25) is 11.8 Å². The molecule has 1 N–H and O–H groups in total. The first-order valence-electron chi connectivity index (χ1n) is 7.60. The number of nitrogens with zero attached hydrogens (tertiary/aromatic N) is 3. The number of hydrogen-bond acceptors (Lipinski definition) is 5. The summed E-state index contributed by atoms with van der Waals surface area (Å²) in [5, 5.41) is 18.5. The van der Waals surface area contributed by atoms with Crippen LogP contribution in [0, 0.1) is 5.92 Å². The molecule has 0 amide bonds. The molecule has 0 radical (unpaired) electrons. The van der Waals surface area contributed by atoms with E-state index in [9.17, 15) is 5.11 Å². The lowest BCUT2D eigenvalue weighted by atomic mass is 9.92. The highest BCUT2D eigenvalue weighted by molar-refractivity contribution is 6.30. The Hall–Kier alpha value is -1.43. The van der Waals surface area contributed by atoms with Gasteiger partial charge in [-0.05, 0) is 63.0 Å². The van der Waals surface area contributed by atoms with Crippen LogP contribution in [0.3, 0.4) is 0 Å².